The first kappa shape index (κ1) is 23.7. The number of hydrogen-bond donors (Lipinski definition) is 2. The molecule has 1 aromatic heterocycles. The fourth-order valence-corrected chi connectivity index (χ4v) is 3.74. The predicted octanol–water partition coefficient (Wildman–Crippen LogP) is 1.06. The summed E-state index contributed by atoms with van der Waals surface area (Å²) >= 11 is 0. The number of carbonyl (C=O) groups excluding carboxylic acids is 2. The third-order valence-electron chi connectivity index (χ3n) is 5.53. The minimum absolute atomic E-state index is 0.000444. The Morgan fingerprint density at radius 2 is 1.91 bits per heavy atom. The number of carbonyl (C=O) groups is 2. The number of fused-ring (bicyclic) bond motifs is 1. The summed E-state index contributed by atoms with van der Waals surface area (Å²) in [6.45, 7) is 6.14. The normalized spacial score (nSPS) is 15.9. The summed E-state index contributed by atoms with van der Waals surface area (Å²) in [4.78, 5) is 35.2. The van der Waals surface area contributed by atoms with Gasteiger partial charge in [0.1, 0.15) is 6.54 Å². The number of hydrogen-bond acceptors (Lipinski definition) is 6. The maximum Gasteiger partial charge on any atom is 0.277 e. The summed E-state index contributed by atoms with van der Waals surface area (Å²) in [6.07, 6.45) is 1.89. The summed E-state index contributed by atoms with van der Waals surface area (Å²) in [7, 11) is 3.90. The van der Waals surface area contributed by atoms with Gasteiger partial charge in [0.05, 0.1) is 6.33 Å². The van der Waals surface area contributed by atoms with Crippen LogP contribution in [0.2, 0.25) is 0 Å². The molecule has 2 heterocycles. The van der Waals surface area contributed by atoms with Crippen LogP contribution in [0.3, 0.4) is 0 Å². The Labute approximate surface area is 189 Å². The highest BCUT2D eigenvalue weighted by Gasteiger charge is 2.39. The fourth-order valence-electron chi connectivity index (χ4n) is 3.74. The van der Waals surface area contributed by atoms with Gasteiger partial charge in [-0.15, -0.1) is 0 Å². The van der Waals surface area contributed by atoms with Gasteiger partial charge in [0.2, 0.25) is 12.3 Å². The Kier molecular flexibility index (Phi) is 7.87. The topological polar surface area (TPSA) is 93.9 Å². The predicted molar refractivity (Wildman–Crippen MR) is 123 cm³/mol. The number of aromatic nitrogens is 2. The van der Waals surface area contributed by atoms with E-state index in [4.69, 9.17) is 0 Å². The van der Waals surface area contributed by atoms with Gasteiger partial charge in [-0.1, -0.05) is 36.8 Å². The highest BCUT2D eigenvalue weighted by atomic mass is 16.3. The van der Waals surface area contributed by atoms with Crippen LogP contribution in [0.4, 0.5) is 5.82 Å². The lowest BCUT2D eigenvalue weighted by atomic mass is 10.1. The lowest BCUT2D eigenvalue weighted by Gasteiger charge is -2.41. The molecule has 0 spiro atoms. The fraction of sp³-hybridized carbons (Fsp3) is 0.522. The van der Waals surface area contributed by atoms with Crippen molar-refractivity contribution in [2.24, 2.45) is 0 Å². The van der Waals surface area contributed by atoms with Gasteiger partial charge in [0.15, 0.2) is 11.5 Å². The van der Waals surface area contributed by atoms with Crippen molar-refractivity contribution in [1.82, 2.24) is 24.7 Å². The van der Waals surface area contributed by atoms with Crippen molar-refractivity contribution in [3.8, 4) is 0 Å². The molecule has 3 rings (SSSR count). The van der Waals surface area contributed by atoms with Crippen molar-refractivity contribution in [2.45, 2.75) is 39.6 Å². The average molecular weight is 443 g/mol. The molecule has 32 heavy (non-hydrogen) atoms. The van der Waals surface area contributed by atoms with Crippen LogP contribution in [-0.2, 0) is 17.8 Å². The van der Waals surface area contributed by atoms with E-state index in [9.17, 15) is 14.7 Å². The van der Waals surface area contributed by atoms with E-state index in [1.165, 1.54) is 16.8 Å². The second-order valence-corrected chi connectivity index (χ2v) is 8.47. The molecule has 1 aromatic carbocycles. The SMILES string of the molecule is CCCN1C(=O)c2c(ncn2CC(=O)NCCc2ccc(C)cc2)N(CCN(C)C)C1O. The van der Waals surface area contributed by atoms with E-state index >= 15 is 0 Å². The second-order valence-electron chi connectivity index (χ2n) is 8.47. The second kappa shape index (κ2) is 10.6. The van der Waals surface area contributed by atoms with Gasteiger partial charge in [0.25, 0.3) is 5.91 Å². The van der Waals surface area contributed by atoms with Gasteiger partial charge in [-0.25, -0.2) is 4.98 Å². The number of amides is 2. The van der Waals surface area contributed by atoms with Crippen molar-refractivity contribution in [2.75, 3.05) is 45.2 Å². The lowest BCUT2D eigenvalue weighted by molar-refractivity contribution is -0.121. The molecule has 2 N–H and O–H groups in total. The number of aryl methyl sites for hydroxylation is 1. The first-order chi connectivity index (χ1) is 15.3. The van der Waals surface area contributed by atoms with Gasteiger partial charge >= 0.3 is 0 Å². The van der Waals surface area contributed by atoms with E-state index in [0.29, 0.717) is 44.1 Å². The molecule has 0 bridgehead atoms. The van der Waals surface area contributed by atoms with Gasteiger partial charge in [0, 0.05) is 26.2 Å². The van der Waals surface area contributed by atoms with E-state index < -0.39 is 6.35 Å². The molecule has 174 valence electrons. The summed E-state index contributed by atoms with van der Waals surface area (Å²) in [6, 6.07) is 8.23. The molecular weight excluding hydrogens is 408 g/mol. The summed E-state index contributed by atoms with van der Waals surface area (Å²) < 4.78 is 1.58. The quantitative estimate of drug-likeness (QED) is 0.572. The zero-order chi connectivity index (χ0) is 23.3. The van der Waals surface area contributed by atoms with E-state index in [0.717, 1.165) is 12.0 Å². The first-order valence-electron chi connectivity index (χ1n) is 11.1. The Bertz CT molecular complexity index is 924. The molecule has 0 saturated heterocycles. The molecule has 1 atom stereocenters. The van der Waals surface area contributed by atoms with Crippen LogP contribution < -0.4 is 10.2 Å². The number of nitrogens with one attached hydrogen (secondary N) is 1. The van der Waals surface area contributed by atoms with Crippen molar-refractivity contribution >= 4 is 17.6 Å². The minimum Gasteiger partial charge on any atom is -0.356 e. The number of likely N-dealkylation sites (N-methyl/N-ethyl adjacent to an activating group) is 1. The highest BCUT2D eigenvalue weighted by Crippen LogP contribution is 2.29. The molecule has 2 amide bonds. The van der Waals surface area contributed by atoms with Crippen molar-refractivity contribution < 1.29 is 14.7 Å². The molecule has 9 heteroatoms. The van der Waals surface area contributed by atoms with E-state index in [-0.39, 0.29) is 18.4 Å². The van der Waals surface area contributed by atoms with Gasteiger partial charge in [-0.05, 0) is 39.4 Å². The number of rotatable bonds is 10. The van der Waals surface area contributed by atoms with E-state index in [1.54, 1.807) is 9.47 Å². The molecule has 1 aliphatic rings. The first-order valence-corrected chi connectivity index (χ1v) is 11.1. The van der Waals surface area contributed by atoms with Crippen LogP contribution in [0.25, 0.3) is 0 Å². The van der Waals surface area contributed by atoms with Crippen molar-refractivity contribution in [3.05, 3.63) is 47.4 Å². The van der Waals surface area contributed by atoms with Crippen molar-refractivity contribution in [3.63, 3.8) is 0 Å². The molecule has 9 nitrogen and oxygen atoms in total. The molecule has 0 radical (unpaired) electrons. The molecule has 0 aliphatic carbocycles. The van der Waals surface area contributed by atoms with E-state index in [2.05, 4.69) is 34.6 Å². The van der Waals surface area contributed by atoms with Gasteiger partial charge in [-0.2, -0.15) is 0 Å². The van der Waals surface area contributed by atoms with Crippen molar-refractivity contribution in [1.29, 1.82) is 0 Å². The largest absolute Gasteiger partial charge is 0.356 e. The third kappa shape index (κ3) is 5.46. The van der Waals surface area contributed by atoms with Gasteiger partial charge in [-0.3, -0.25) is 14.5 Å². The monoisotopic (exact) mass is 442 g/mol. The van der Waals surface area contributed by atoms with Crippen LogP contribution in [0.15, 0.2) is 30.6 Å². The van der Waals surface area contributed by atoms with Crippen LogP contribution in [0.1, 0.15) is 35.0 Å². The summed E-state index contributed by atoms with van der Waals surface area (Å²) in [5.74, 6) is -0.0670. The average Bonchev–Trinajstić information content (AvgIpc) is 3.15. The summed E-state index contributed by atoms with van der Waals surface area (Å²) in [5.41, 5.74) is 2.71. The smallest absolute Gasteiger partial charge is 0.277 e. The molecular formula is C23H34N6O3. The molecule has 0 saturated carbocycles. The van der Waals surface area contributed by atoms with Gasteiger partial charge < -0.3 is 24.8 Å². The summed E-state index contributed by atoms with van der Waals surface area (Å²) in [5, 5.41) is 13.7. The molecule has 1 aliphatic heterocycles. The standard InChI is InChI=1S/C23H34N6O3/c1-5-12-29-22(31)20-21(28(23(29)32)14-13-26(3)4)25-16-27(20)15-19(30)24-11-10-18-8-6-17(2)7-9-18/h6-9,16,23,32H,5,10-15H2,1-4H3,(H,24,30). The van der Waals surface area contributed by atoms with Crippen LogP contribution >= 0.6 is 0 Å². The maximum absolute atomic E-state index is 13.1. The maximum atomic E-state index is 13.1. The Morgan fingerprint density at radius 3 is 2.56 bits per heavy atom. The van der Waals surface area contributed by atoms with Crippen LogP contribution in [0, 0.1) is 6.92 Å². The Morgan fingerprint density at radius 1 is 1.19 bits per heavy atom. The number of aliphatic hydroxyl groups excluding tert-OH is 1. The Hall–Kier alpha value is -2.91. The number of imidazole rings is 1. The zero-order valence-corrected chi connectivity index (χ0v) is 19.4. The number of benzene rings is 1. The number of aliphatic hydroxyl groups is 1. The lowest BCUT2D eigenvalue weighted by Crippen LogP contribution is -2.57. The number of anilines is 1. The zero-order valence-electron chi connectivity index (χ0n) is 19.4. The molecule has 2 aromatic rings. The minimum atomic E-state index is -1.07. The Balaban J connectivity index is 1.70. The number of nitrogens with zero attached hydrogens (tertiary/aromatic N) is 5. The van der Waals surface area contributed by atoms with Crippen LogP contribution in [0.5, 0.6) is 0 Å². The highest BCUT2D eigenvalue weighted by molar-refractivity contribution is 5.99. The molecule has 1 unspecified atom stereocenters. The van der Waals surface area contributed by atoms with Crippen LogP contribution in [-0.4, -0.2) is 82.9 Å². The van der Waals surface area contributed by atoms with E-state index in [1.807, 2.05) is 32.8 Å². The third-order valence-corrected chi connectivity index (χ3v) is 5.53. The molecule has 0 fully saturated rings.